The normalized spacial score (nSPS) is 21.1. The summed E-state index contributed by atoms with van der Waals surface area (Å²) in [7, 11) is 0. The maximum Gasteiger partial charge on any atom is 0.246 e. The number of piperazine rings is 1. The summed E-state index contributed by atoms with van der Waals surface area (Å²) in [4.78, 5) is 29.9. The van der Waals surface area contributed by atoms with Crippen LogP contribution in [0.25, 0.3) is 11.0 Å². The first-order valence-electron chi connectivity index (χ1n) is 12.2. The molecular weight excluding hydrogens is 483 g/mol. The van der Waals surface area contributed by atoms with Gasteiger partial charge in [0, 0.05) is 25.2 Å². The fraction of sp³-hybridized carbons (Fsp3) is 0.385. The van der Waals surface area contributed by atoms with Gasteiger partial charge in [-0.1, -0.05) is 18.2 Å². The summed E-state index contributed by atoms with van der Waals surface area (Å²) in [6.45, 7) is 5.52. The smallest absolute Gasteiger partial charge is 0.246 e. The van der Waals surface area contributed by atoms with Crippen molar-refractivity contribution in [1.82, 2.24) is 19.9 Å². The molecule has 7 rings (SSSR count). The molecule has 1 N–H and O–H groups in total. The minimum absolute atomic E-state index is 0.0275. The van der Waals surface area contributed by atoms with Gasteiger partial charge < -0.3 is 19.9 Å². The van der Waals surface area contributed by atoms with E-state index in [2.05, 4.69) is 26.8 Å². The van der Waals surface area contributed by atoms with Crippen molar-refractivity contribution in [3.8, 4) is 5.75 Å². The van der Waals surface area contributed by atoms with Gasteiger partial charge in [-0.25, -0.2) is 19.3 Å². The molecule has 0 spiro atoms. The van der Waals surface area contributed by atoms with Gasteiger partial charge in [0.15, 0.2) is 11.6 Å². The number of fused-ring (bicyclic) bond motifs is 4. The summed E-state index contributed by atoms with van der Waals surface area (Å²) in [5.41, 5.74) is 1.35. The van der Waals surface area contributed by atoms with E-state index in [1.54, 1.807) is 12.1 Å². The van der Waals surface area contributed by atoms with E-state index in [0.717, 1.165) is 31.5 Å². The van der Waals surface area contributed by atoms with Crippen LogP contribution in [-0.4, -0.2) is 57.5 Å². The Labute approximate surface area is 213 Å². The minimum atomic E-state index is -0.604. The molecule has 4 fully saturated rings. The number of aromatic nitrogens is 3. The third-order valence-electron chi connectivity index (χ3n) is 7.22. The van der Waals surface area contributed by atoms with E-state index in [4.69, 9.17) is 21.3 Å². The number of ether oxygens (including phenoxy) is 1. The largest absolute Gasteiger partial charge is 0.492 e. The molecule has 5 heterocycles. The Morgan fingerprint density at radius 3 is 2.75 bits per heavy atom. The molecule has 3 saturated heterocycles. The number of nitrogens with zero attached hydrogens (tertiary/aromatic N) is 5. The van der Waals surface area contributed by atoms with E-state index in [9.17, 15) is 4.79 Å². The summed E-state index contributed by atoms with van der Waals surface area (Å²) in [5, 5.41) is 2.98. The Morgan fingerprint density at radius 2 is 2.00 bits per heavy atom. The van der Waals surface area contributed by atoms with Gasteiger partial charge in [0.2, 0.25) is 5.91 Å². The van der Waals surface area contributed by atoms with Gasteiger partial charge >= 0.3 is 0 Å². The monoisotopic (exact) mass is 508 g/mol. The molecule has 0 unspecified atom stereocenters. The number of nitrogens with one attached hydrogen (secondary N) is 1. The highest BCUT2D eigenvalue weighted by molar-refractivity contribution is 6.32. The molecule has 4 aliphatic rings. The van der Waals surface area contributed by atoms with Crippen molar-refractivity contribution in [3.05, 3.63) is 54.1 Å². The molecule has 36 heavy (non-hydrogen) atoms. The van der Waals surface area contributed by atoms with E-state index >= 15 is 4.39 Å². The fourth-order valence-corrected chi connectivity index (χ4v) is 5.26. The third kappa shape index (κ3) is 4.21. The second kappa shape index (κ2) is 9.20. The Hall–Kier alpha value is -3.46. The lowest BCUT2D eigenvalue weighted by atomic mass is 9.90. The van der Waals surface area contributed by atoms with Crippen molar-refractivity contribution in [2.75, 3.05) is 29.9 Å². The van der Waals surface area contributed by atoms with Crippen molar-refractivity contribution in [3.63, 3.8) is 0 Å². The van der Waals surface area contributed by atoms with Crippen molar-refractivity contribution in [1.29, 1.82) is 0 Å². The standard InChI is InChI=1S/C26H26ClFN6O2/c1-2-22(35)34-12-16-5-6-17(34)11-33(16)21-10-8-19-25(32-21)26(30-14-29-19)31-18-7-9-20(23(27)24(18)28)36-13-15-3-4-15/h2,7-10,14-17H,1,3-6,11-13H2,(H,29,30,31)/t16-,17-/m1/s1. The molecule has 2 bridgehead atoms. The number of carbonyl (C=O) groups excluding carboxylic acids is 1. The van der Waals surface area contributed by atoms with Gasteiger partial charge in [-0.05, 0) is 61.9 Å². The van der Waals surface area contributed by atoms with Crippen LogP contribution in [0.1, 0.15) is 25.7 Å². The molecule has 1 aliphatic carbocycles. The summed E-state index contributed by atoms with van der Waals surface area (Å²) in [6.07, 6.45) is 7.02. The predicted octanol–water partition coefficient (Wildman–Crippen LogP) is 4.72. The van der Waals surface area contributed by atoms with E-state index < -0.39 is 5.82 Å². The summed E-state index contributed by atoms with van der Waals surface area (Å²) < 4.78 is 20.8. The second-order valence-electron chi connectivity index (χ2n) is 9.61. The zero-order chi connectivity index (χ0) is 24.8. The van der Waals surface area contributed by atoms with Gasteiger partial charge in [-0.3, -0.25) is 4.79 Å². The van der Waals surface area contributed by atoms with E-state index in [-0.39, 0.29) is 28.7 Å². The Balaban J connectivity index is 1.27. The van der Waals surface area contributed by atoms with E-state index in [0.29, 0.717) is 48.2 Å². The highest BCUT2D eigenvalue weighted by Gasteiger charge is 2.41. The van der Waals surface area contributed by atoms with Crippen LogP contribution < -0.4 is 15.0 Å². The first kappa shape index (κ1) is 23.0. The lowest BCUT2D eigenvalue weighted by Gasteiger charge is -2.51. The second-order valence-corrected chi connectivity index (χ2v) is 9.99. The number of hydrogen-bond donors (Lipinski definition) is 1. The van der Waals surface area contributed by atoms with Gasteiger partial charge in [0.1, 0.15) is 28.4 Å². The van der Waals surface area contributed by atoms with Crippen LogP contribution in [0.15, 0.2) is 43.2 Å². The van der Waals surface area contributed by atoms with Crippen LogP contribution in [-0.2, 0) is 4.79 Å². The Morgan fingerprint density at radius 1 is 1.17 bits per heavy atom. The van der Waals surface area contributed by atoms with Crippen LogP contribution in [0.2, 0.25) is 5.02 Å². The molecule has 1 amide bonds. The zero-order valence-corrected chi connectivity index (χ0v) is 20.4. The minimum Gasteiger partial charge on any atom is -0.492 e. The number of piperidine rings is 2. The maximum atomic E-state index is 15.1. The van der Waals surface area contributed by atoms with Crippen molar-refractivity contribution >= 4 is 45.9 Å². The zero-order valence-electron chi connectivity index (χ0n) is 19.7. The van der Waals surface area contributed by atoms with Crippen LogP contribution >= 0.6 is 11.6 Å². The quantitative estimate of drug-likeness (QED) is 0.462. The molecule has 3 aliphatic heterocycles. The number of halogens is 2. The molecule has 10 heteroatoms. The van der Waals surface area contributed by atoms with Crippen molar-refractivity contribution < 1.29 is 13.9 Å². The summed E-state index contributed by atoms with van der Waals surface area (Å²) in [5.74, 6) is 1.41. The van der Waals surface area contributed by atoms with Crippen LogP contribution in [0, 0.1) is 11.7 Å². The number of anilines is 3. The molecule has 8 nitrogen and oxygen atoms in total. The fourth-order valence-electron chi connectivity index (χ4n) is 5.04. The highest BCUT2D eigenvalue weighted by atomic mass is 35.5. The molecule has 1 aromatic carbocycles. The average molecular weight is 509 g/mol. The van der Waals surface area contributed by atoms with Gasteiger partial charge in [-0.15, -0.1) is 0 Å². The molecule has 2 atom stereocenters. The predicted molar refractivity (Wildman–Crippen MR) is 136 cm³/mol. The topological polar surface area (TPSA) is 83.5 Å². The lowest BCUT2D eigenvalue weighted by molar-refractivity contribution is -0.131. The Bertz CT molecular complexity index is 1350. The number of pyridine rings is 1. The number of benzene rings is 1. The lowest BCUT2D eigenvalue weighted by Crippen LogP contribution is -2.64. The van der Waals surface area contributed by atoms with Gasteiger partial charge in [-0.2, -0.15) is 0 Å². The van der Waals surface area contributed by atoms with E-state index in [1.165, 1.54) is 12.4 Å². The molecule has 0 radical (unpaired) electrons. The number of amides is 1. The van der Waals surface area contributed by atoms with Crippen molar-refractivity contribution in [2.45, 2.75) is 37.8 Å². The molecule has 1 saturated carbocycles. The first-order chi connectivity index (χ1) is 17.5. The van der Waals surface area contributed by atoms with Crippen LogP contribution in [0.4, 0.5) is 21.7 Å². The van der Waals surface area contributed by atoms with Crippen molar-refractivity contribution in [2.24, 2.45) is 5.92 Å². The molecule has 3 aromatic rings. The van der Waals surface area contributed by atoms with Crippen LogP contribution in [0.5, 0.6) is 5.75 Å². The van der Waals surface area contributed by atoms with E-state index in [1.807, 2.05) is 17.0 Å². The first-order valence-corrected chi connectivity index (χ1v) is 12.6. The number of carbonyl (C=O) groups is 1. The van der Waals surface area contributed by atoms with Gasteiger partial charge in [0.25, 0.3) is 0 Å². The Kier molecular flexibility index (Phi) is 5.87. The molecular formula is C26H26ClFN6O2. The SMILES string of the molecule is C=CC(=O)N1C[C@H]2CC[C@@H]1CN2c1ccc2ncnc(Nc3ccc(OCC4CC4)c(Cl)c3F)c2n1. The van der Waals surface area contributed by atoms with Gasteiger partial charge in [0.05, 0.1) is 17.8 Å². The summed E-state index contributed by atoms with van der Waals surface area (Å²) >= 11 is 6.26. The number of hydrogen-bond acceptors (Lipinski definition) is 7. The number of rotatable bonds is 7. The molecule has 186 valence electrons. The highest BCUT2D eigenvalue weighted by Crippen LogP contribution is 2.37. The maximum absolute atomic E-state index is 15.1. The summed E-state index contributed by atoms with van der Waals surface area (Å²) in [6, 6.07) is 7.37. The average Bonchev–Trinajstić information content (AvgIpc) is 3.75. The third-order valence-corrected chi connectivity index (χ3v) is 7.57. The molecule has 2 aromatic heterocycles. The van der Waals surface area contributed by atoms with Crippen LogP contribution in [0.3, 0.4) is 0 Å².